The first-order valence-corrected chi connectivity index (χ1v) is 5.69. The number of hydrogen-bond acceptors (Lipinski definition) is 6. The molecule has 0 radical (unpaired) electrons. The molecule has 0 aromatic carbocycles. The van der Waals surface area contributed by atoms with Crippen LogP contribution in [0.15, 0.2) is 0 Å². The predicted octanol–water partition coefficient (Wildman–Crippen LogP) is -0.943. The van der Waals surface area contributed by atoms with Crippen molar-refractivity contribution in [3.05, 3.63) is 0 Å². The second kappa shape index (κ2) is 6.55. The molecule has 0 aliphatic rings. The Hall–Kier alpha value is 0.0500. The van der Waals surface area contributed by atoms with Gasteiger partial charge in [0.2, 0.25) is 0 Å². The minimum atomic E-state index is -1.02. The number of carboxylic acids is 1. The van der Waals surface area contributed by atoms with Crippen LogP contribution < -0.4 is 11.5 Å². The molecule has 0 aliphatic carbocycles. The highest BCUT2D eigenvalue weighted by Crippen LogP contribution is 2.21. The number of rotatable bonds is 6. The summed E-state index contributed by atoms with van der Waals surface area (Å²) in [6.45, 7) is 0. The smallest absolute Gasteiger partial charge is 0.321 e. The van der Waals surface area contributed by atoms with Crippen molar-refractivity contribution in [2.24, 2.45) is 11.5 Å². The molecule has 0 aliphatic heterocycles. The van der Waals surface area contributed by atoms with Crippen LogP contribution in [0.4, 0.5) is 0 Å². The first kappa shape index (κ1) is 12.0. The first-order chi connectivity index (χ1) is 5.54. The molecule has 0 saturated heterocycles. The molecular formula is C5H12N2O3S2. The Balaban J connectivity index is 3.25. The van der Waals surface area contributed by atoms with E-state index in [2.05, 4.69) is 0 Å². The molecule has 0 spiro atoms. The number of nitrogens with two attached hydrogens (primary N) is 2. The molecule has 0 bridgehead atoms. The van der Waals surface area contributed by atoms with Crippen LogP contribution in [0.5, 0.6) is 0 Å². The predicted molar refractivity (Wildman–Crippen MR) is 50.7 cm³/mol. The van der Waals surface area contributed by atoms with Crippen LogP contribution in [0.3, 0.4) is 0 Å². The van der Waals surface area contributed by atoms with Gasteiger partial charge in [0.25, 0.3) is 0 Å². The highest BCUT2D eigenvalue weighted by atomic mass is 33.1. The molecule has 5 nitrogen and oxygen atoms in total. The van der Waals surface area contributed by atoms with E-state index >= 15 is 0 Å². The number of aliphatic hydroxyl groups excluding tert-OH is 1. The van der Waals surface area contributed by atoms with E-state index < -0.39 is 18.2 Å². The van der Waals surface area contributed by atoms with Gasteiger partial charge in [0, 0.05) is 11.5 Å². The van der Waals surface area contributed by atoms with Crippen molar-refractivity contribution in [1.29, 1.82) is 0 Å². The SMILES string of the molecule is NC(O)CSSCC(N)C(=O)O. The highest BCUT2D eigenvalue weighted by molar-refractivity contribution is 8.76. The van der Waals surface area contributed by atoms with Crippen molar-refractivity contribution in [1.82, 2.24) is 0 Å². The van der Waals surface area contributed by atoms with E-state index in [0.29, 0.717) is 11.5 Å². The zero-order valence-corrected chi connectivity index (χ0v) is 7.98. The molecule has 2 atom stereocenters. The zero-order chi connectivity index (χ0) is 9.56. The van der Waals surface area contributed by atoms with Crippen LogP contribution in [0, 0.1) is 0 Å². The number of aliphatic hydroxyl groups is 1. The molecule has 0 amide bonds. The van der Waals surface area contributed by atoms with E-state index in [1.54, 1.807) is 0 Å². The number of hydrogen-bond donors (Lipinski definition) is 4. The van der Waals surface area contributed by atoms with Gasteiger partial charge in [-0.1, -0.05) is 21.6 Å². The molecule has 7 heteroatoms. The summed E-state index contributed by atoms with van der Waals surface area (Å²) < 4.78 is 0. The fourth-order valence-corrected chi connectivity index (χ4v) is 2.37. The van der Waals surface area contributed by atoms with Crippen molar-refractivity contribution < 1.29 is 15.0 Å². The lowest BCUT2D eigenvalue weighted by Crippen LogP contribution is -2.32. The van der Waals surface area contributed by atoms with Gasteiger partial charge in [0.1, 0.15) is 12.3 Å². The van der Waals surface area contributed by atoms with E-state index in [0.717, 1.165) is 0 Å². The monoisotopic (exact) mass is 212 g/mol. The molecule has 0 saturated carbocycles. The molecular weight excluding hydrogens is 200 g/mol. The van der Waals surface area contributed by atoms with Gasteiger partial charge in [-0.05, 0) is 0 Å². The van der Waals surface area contributed by atoms with Gasteiger partial charge in [-0.2, -0.15) is 0 Å². The van der Waals surface area contributed by atoms with E-state index in [-0.39, 0.29) is 0 Å². The summed E-state index contributed by atoms with van der Waals surface area (Å²) in [7, 11) is 2.59. The van der Waals surface area contributed by atoms with Gasteiger partial charge in [-0.25, -0.2) is 0 Å². The largest absolute Gasteiger partial charge is 0.480 e. The Morgan fingerprint density at radius 3 is 2.25 bits per heavy atom. The molecule has 0 fully saturated rings. The van der Waals surface area contributed by atoms with E-state index in [1.807, 2.05) is 0 Å². The molecule has 72 valence electrons. The van der Waals surface area contributed by atoms with Crippen molar-refractivity contribution in [3.63, 3.8) is 0 Å². The van der Waals surface area contributed by atoms with Crippen LogP contribution in [0.2, 0.25) is 0 Å². The summed E-state index contributed by atoms with van der Waals surface area (Å²) in [4.78, 5) is 10.2. The van der Waals surface area contributed by atoms with E-state index in [1.165, 1.54) is 21.6 Å². The Kier molecular flexibility index (Phi) is 6.58. The average Bonchev–Trinajstić information content (AvgIpc) is 1.97. The maximum atomic E-state index is 10.2. The van der Waals surface area contributed by atoms with Crippen molar-refractivity contribution in [2.75, 3.05) is 11.5 Å². The molecule has 0 aromatic rings. The second-order valence-corrected chi connectivity index (χ2v) is 4.63. The summed E-state index contributed by atoms with van der Waals surface area (Å²) in [6, 6.07) is -0.850. The van der Waals surface area contributed by atoms with Gasteiger partial charge in [0.15, 0.2) is 0 Å². The maximum absolute atomic E-state index is 10.2. The standard InChI is InChI=1S/C5H12N2O3S2/c6-3(5(9)10)1-11-12-2-4(7)8/h3-4,8H,1-2,6-7H2,(H,9,10). The third-order valence-electron chi connectivity index (χ3n) is 0.887. The van der Waals surface area contributed by atoms with Gasteiger partial charge in [-0.15, -0.1) is 0 Å². The topological polar surface area (TPSA) is 110 Å². The summed E-state index contributed by atoms with van der Waals surface area (Å²) in [5, 5.41) is 17.0. The summed E-state index contributed by atoms with van der Waals surface area (Å²) >= 11 is 0. The summed E-state index contributed by atoms with van der Waals surface area (Å²) in [5.41, 5.74) is 10.2. The normalized spacial score (nSPS) is 15.6. The lowest BCUT2D eigenvalue weighted by atomic mass is 10.4. The number of carbonyl (C=O) groups is 1. The van der Waals surface area contributed by atoms with Crippen LogP contribution in [-0.2, 0) is 4.79 Å². The molecule has 6 N–H and O–H groups in total. The average molecular weight is 212 g/mol. The lowest BCUT2D eigenvalue weighted by molar-refractivity contribution is -0.137. The maximum Gasteiger partial charge on any atom is 0.321 e. The van der Waals surface area contributed by atoms with Gasteiger partial charge < -0.3 is 21.7 Å². The van der Waals surface area contributed by atoms with E-state index in [9.17, 15) is 4.79 Å². The van der Waals surface area contributed by atoms with Crippen LogP contribution in [0.1, 0.15) is 0 Å². The number of carboxylic acid groups (broad SMARTS) is 1. The van der Waals surface area contributed by atoms with Gasteiger partial charge in [-0.3, -0.25) is 4.79 Å². The van der Waals surface area contributed by atoms with E-state index in [4.69, 9.17) is 21.7 Å². The quantitative estimate of drug-likeness (QED) is 0.255. The zero-order valence-electron chi connectivity index (χ0n) is 6.34. The Morgan fingerprint density at radius 1 is 1.33 bits per heavy atom. The lowest BCUT2D eigenvalue weighted by Gasteiger charge is -2.05. The van der Waals surface area contributed by atoms with Crippen molar-refractivity contribution in [2.45, 2.75) is 12.3 Å². The Bertz CT molecular complexity index is 145. The third-order valence-corrected chi connectivity index (χ3v) is 3.34. The molecule has 0 aromatic heterocycles. The highest BCUT2D eigenvalue weighted by Gasteiger charge is 2.10. The minimum Gasteiger partial charge on any atom is -0.480 e. The molecule has 12 heavy (non-hydrogen) atoms. The number of aliphatic carboxylic acids is 1. The van der Waals surface area contributed by atoms with Gasteiger partial charge >= 0.3 is 5.97 Å². The van der Waals surface area contributed by atoms with Crippen molar-refractivity contribution >= 4 is 27.6 Å². The Morgan fingerprint density at radius 2 is 1.83 bits per heavy atom. The second-order valence-electron chi connectivity index (χ2n) is 2.08. The van der Waals surface area contributed by atoms with Crippen LogP contribution in [-0.4, -0.2) is 40.0 Å². The summed E-state index contributed by atoms with van der Waals surface area (Å²) in [5.74, 6) is -0.333. The van der Waals surface area contributed by atoms with Crippen LogP contribution >= 0.6 is 21.6 Å². The molecule has 0 rings (SSSR count). The van der Waals surface area contributed by atoms with Crippen LogP contribution in [0.25, 0.3) is 0 Å². The fourth-order valence-electron chi connectivity index (χ4n) is 0.311. The van der Waals surface area contributed by atoms with Gasteiger partial charge in [0.05, 0.1) is 0 Å². The van der Waals surface area contributed by atoms with Crippen molar-refractivity contribution in [3.8, 4) is 0 Å². The third kappa shape index (κ3) is 6.74. The molecule has 2 unspecified atom stereocenters. The minimum absolute atomic E-state index is 0.312. The Labute approximate surface area is 78.3 Å². The summed E-state index contributed by atoms with van der Waals surface area (Å²) in [6.07, 6.45) is -0.858. The fraction of sp³-hybridized carbons (Fsp3) is 0.800. The first-order valence-electron chi connectivity index (χ1n) is 3.20. The molecule has 0 heterocycles.